The lowest BCUT2D eigenvalue weighted by atomic mass is 10.2. The van der Waals surface area contributed by atoms with Crippen molar-refractivity contribution in [3.05, 3.63) is 111 Å². The lowest BCUT2D eigenvalue weighted by molar-refractivity contribution is 0.180. The Hall–Kier alpha value is -4.28. The van der Waals surface area contributed by atoms with Gasteiger partial charge in [-0.15, -0.1) is 10.2 Å². The number of phenolic OH excluding ortho intramolecular Hbond substituents is 1. The van der Waals surface area contributed by atoms with Gasteiger partial charge in [0.15, 0.2) is 5.69 Å². The molecule has 0 atom stereocenters. The number of fused-ring (bicyclic) bond motifs is 1. The number of aromatic amines is 1. The molecule has 0 aliphatic rings. The van der Waals surface area contributed by atoms with Crippen molar-refractivity contribution in [2.45, 2.75) is 6.92 Å². The molecule has 0 spiro atoms. The number of phenols is 1. The van der Waals surface area contributed by atoms with Gasteiger partial charge in [-0.2, -0.15) is 4.73 Å². The Kier molecular flexibility index (Phi) is 8.88. The summed E-state index contributed by atoms with van der Waals surface area (Å²) in [5, 5.41) is 29.6. The Morgan fingerprint density at radius 3 is 2.40 bits per heavy atom. The summed E-state index contributed by atoms with van der Waals surface area (Å²) in [6.07, 6.45) is 3.16. The summed E-state index contributed by atoms with van der Waals surface area (Å²) in [5.41, 5.74) is 1.30. The zero-order valence-corrected chi connectivity index (χ0v) is 19.9. The van der Waals surface area contributed by atoms with Crippen molar-refractivity contribution in [2.24, 2.45) is 10.2 Å². The largest absolute Gasteiger partial charge is 0.506 e. The number of aromatic nitrogens is 3. The molecular weight excluding hydrogens is 490 g/mol. The molecule has 178 valence electrons. The number of hydrogen-bond donors (Lipinski definition) is 3. The molecule has 0 unspecified atom stereocenters. The summed E-state index contributed by atoms with van der Waals surface area (Å²) >= 11 is 10.5. The summed E-state index contributed by atoms with van der Waals surface area (Å²) in [6.45, 7) is 1.67. The van der Waals surface area contributed by atoms with E-state index in [1.54, 1.807) is 67.7 Å². The third-order valence-corrected chi connectivity index (χ3v) is 5.01. The first kappa shape index (κ1) is 25.3. The van der Waals surface area contributed by atoms with Crippen molar-refractivity contribution >= 4 is 46.1 Å². The molecule has 0 bridgehead atoms. The molecule has 0 aliphatic heterocycles. The average molecular weight is 510 g/mol. The van der Waals surface area contributed by atoms with Crippen LogP contribution >= 0.6 is 23.8 Å². The van der Waals surface area contributed by atoms with Gasteiger partial charge in [-0.3, -0.25) is 4.98 Å². The van der Waals surface area contributed by atoms with Crippen molar-refractivity contribution in [3.8, 4) is 5.75 Å². The fourth-order valence-corrected chi connectivity index (χ4v) is 2.95. The molecule has 0 fully saturated rings. The van der Waals surface area contributed by atoms with Gasteiger partial charge >= 0.3 is 5.63 Å². The SMILES string of the molecule is Cc1[nH]oc(=O)c1N=Nc1ccccc1Cl.Oc1cccc2cccnc12.On1ccccc1=S. The Labute approximate surface area is 209 Å². The van der Waals surface area contributed by atoms with E-state index in [2.05, 4.69) is 37.1 Å². The van der Waals surface area contributed by atoms with E-state index >= 15 is 0 Å². The molecule has 5 rings (SSSR count). The highest BCUT2D eigenvalue weighted by Crippen LogP contribution is 2.25. The number of H-pyrrole nitrogens is 1. The summed E-state index contributed by atoms with van der Waals surface area (Å²) < 4.78 is 5.87. The van der Waals surface area contributed by atoms with E-state index in [1.807, 2.05) is 18.2 Å². The van der Waals surface area contributed by atoms with Crippen LogP contribution in [0.3, 0.4) is 0 Å². The molecule has 0 amide bonds. The molecule has 0 saturated carbocycles. The minimum absolute atomic E-state index is 0.153. The standard InChI is InChI=1S/C10H8ClN3O2.C9H7NO.C5H5NOS/c1-6-9(10(15)16-14-6)13-12-8-5-3-2-4-7(8)11;11-8-5-1-3-7-4-2-6-10-9(7)8;7-6-4-2-1-3-5(6)8/h2-5,14H,1H3;1-6,11H;1-4,7H. The maximum atomic E-state index is 11.2. The van der Waals surface area contributed by atoms with Gasteiger partial charge in [-0.05, 0) is 43.3 Å². The zero-order valence-electron chi connectivity index (χ0n) is 18.4. The number of halogens is 1. The second kappa shape index (κ2) is 12.3. The maximum absolute atomic E-state index is 11.2. The van der Waals surface area contributed by atoms with Crippen LogP contribution in [0, 0.1) is 11.6 Å². The Morgan fingerprint density at radius 2 is 1.77 bits per heavy atom. The summed E-state index contributed by atoms with van der Waals surface area (Å²) in [5.74, 6) is 0.239. The van der Waals surface area contributed by atoms with E-state index in [0.717, 1.165) is 10.1 Å². The van der Waals surface area contributed by atoms with Gasteiger partial charge < -0.3 is 14.8 Å². The van der Waals surface area contributed by atoms with Gasteiger partial charge in [0.05, 0.1) is 10.7 Å². The van der Waals surface area contributed by atoms with Crippen molar-refractivity contribution in [1.29, 1.82) is 0 Å². The second-order valence-electron chi connectivity index (χ2n) is 6.85. The molecule has 2 aromatic carbocycles. The summed E-state index contributed by atoms with van der Waals surface area (Å²) in [6, 6.07) is 21.2. The molecule has 3 N–H and O–H groups in total. The minimum Gasteiger partial charge on any atom is -0.506 e. The number of aromatic hydroxyl groups is 1. The molecule has 11 heteroatoms. The molecule has 0 radical (unpaired) electrons. The van der Waals surface area contributed by atoms with Crippen LogP contribution in [0.1, 0.15) is 5.69 Å². The molecule has 0 saturated heterocycles. The molecule has 5 aromatic rings. The van der Waals surface area contributed by atoms with Crippen LogP contribution in [-0.2, 0) is 0 Å². The van der Waals surface area contributed by atoms with E-state index in [-0.39, 0.29) is 11.4 Å². The minimum atomic E-state index is -0.548. The van der Waals surface area contributed by atoms with Crippen molar-refractivity contribution in [2.75, 3.05) is 0 Å². The number of para-hydroxylation sites is 1. The number of benzene rings is 2. The van der Waals surface area contributed by atoms with Crippen molar-refractivity contribution in [1.82, 2.24) is 14.9 Å². The third-order valence-electron chi connectivity index (χ3n) is 4.37. The molecule has 3 heterocycles. The zero-order chi connectivity index (χ0) is 25.2. The van der Waals surface area contributed by atoms with E-state index in [1.165, 1.54) is 6.20 Å². The predicted molar refractivity (Wildman–Crippen MR) is 136 cm³/mol. The highest BCUT2D eigenvalue weighted by molar-refractivity contribution is 7.71. The van der Waals surface area contributed by atoms with Crippen LogP contribution in [0.4, 0.5) is 11.4 Å². The number of nitrogens with zero attached hydrogens (tertiary/aromatic N) is 4. The van der Waals surface area contributed by atoms with Gasteiger partial charge in [-0.1, -0.05) is 60.2 Å². The Morgan fingerprint density at radius 1 is 1.03 bits per heavy atom. The van der Waals surface area contributed by atoms with Crippen LogP contribution in [0.25, 0.3) is 10.9 Å². The Bertz CT molecular complexity index is 1560. The van der Waals surface area contributed by atoms with Crippen LogP contribution in [-0.4, -0.2) is 25.2 Å². The first-order valence-corrected chi connectivity index (χ1v) is 10.9. The summed E-state index contributed by atoms with van der Waals surface area (Å²) in [7, 11) is 0. The number of azo groups is 1. The molecule has 9 nitrogen and oxygen atoms in total. The number of hydrogen-bond acceptors (Lipinski definition) is 8. The van der Waals surface area contributed by atoms with Crippen LogP contribution < -0.4 is 5.63 Å². The smallest absolute Gasteiger partial charge is 0.384 e. The number of pyridine rings is 2. The maximum Gasteiger partial charge on any atom is 0.384 e. The van der Waals surface area contributed by atoms with Gasteiger partial charge in [0.25, 0.3) is 0 Å². The van der Waals surface area contributed by atoms with Gasteiger partial charge in [0, 0.05) is 17.8 Å². The molecule has 0 aliphatic carbocycles. The van der Waals surface area contributed by atoms with Crippen molar-refractivity contribution in [3.63, 3.8) is 0 Å². The number of rotatable bonds is 2. The molecule has 3 aromatic heterocycles. The van der Waals surface area contributed by atoms with E-state index in [9.17, 15) is 9.90 Å². The topological polar surface area (TPSA) is 129 Å². The first-order chi connectivity index (χ1) is 16.9. The average Bonchev–Trinajstić information content (AvgIpc) is 3.19. The van der Waals surface area contributed by atoms with Crippen LogP contribution in [0.2, 0.25) is 5.02 Å². The lowest BCUT2D eigenvalue weighted by Crippen LogP contribution is -1.89. The van der Waals surface area contributed by atoms with Gasteiger partial charge in [0.1, 0.15) is 21.6 Å². The number of nitrogens with one attached hydrogen (secondary N) is 1. The lowest BCUT2D eigenvalue weighted by Gasteiger charge is -1.96. The number of aryl methyl sites for hydroxylation is 1. The molecular formula is C24H20ClN5O4S. The first-order valence-electron chi connectivity index (χ1n) is 10.1. The highest BCUT2D eigenvalue weighted by Gasteiger charge is 2.07. The van der Waals surface area contributed by atoms with Gasteiger partial charge in [0.2, 0.25) is 0 Å². The normalized spacial score (nSPS) is 10.3. The van der Waals surface area contributed by atoms with E-state index in [4.69, 9.17) is 16.8 Å². The second-order valence-corrected chi connectivity index (χ2v) is 7.68. The Balaban J connectivity index is 0.000000156. The quantitative estimate of drug-likeness (QED) is 0.137. The van der Waals surface area contributed by atoms with Gasteiger partial charge in [-0.25, -0.2) is 9.95 Å². The fourth-order valence-electron chi connectivity index (χ4n) is 2.63. The highest BCUT2D eigenvalue weighted by atomic mass is 35.5. The molecule has 35 heavy (non-hydrogen) atoms. The predicted octanol–water partition coefficient (Wildman–Crippen LogP) is 6.74. The van der Waals surface area contributed by atoms with Crippen LogP contribution in [0.5, 0.6) is 5.75 Å². The third kappa shape index (κ3) is 7.10. The van der Waals surface area contributed by atoms with E-state index in [0.29, 0.717) is 26.6 Å². The fraction of sp³-hybridized carbons (Fsp3) is 0.0417. The van der Waals surface area contributed by atoms with E-state index < -0.39 is 5.63 Å². The monoisotopic (exact) mass is 509 g/mol. The summed E-state index contributed by atoms with van der Waals surface area (Å²) in [4.78, 5) is 15.2. The van der Waals surface area contributed by atoms with Crippen LogP contribution in [0.15, 0.2) is 105 Å². The van der Waals surface area contributed by atoms with Crippen molar-refractivity contribution < 1.29 is 14.8 Å².